The predicted octanol–water partition coefficient (Wildman–Crippen LogP) is 3.43. The summed E-state index contributed by atoms with van der Waals surface area (Å²) in [5.74, 6) is 0.177. The van der Waals surface area contributed by atoms with Crippen LogP contribution in [0.2, 0.25) is 0 Å². The molecule has 4 rings (SSSR count). The third-order valence-electron chi connectivity index (χ3n) is 5.96. The summed E-state index contributed by atoms with van der Waals surface area (Å²) in [6.07, 6.45) is 4.02. The van der Waals surface area contributed by atoms with E-state index in [1.165, 1.54) is 0 Å². The number of carbonyl (C=O) groups excluding carboxylic acids is 1. The van der Waals surface area contributed by atoms with Gasteiger partial charge < -0.3 is 9.30 Å². The Labute approximate surface area is 171 Å². The first-order chi connectivity index (χ1) is 14.0. The fourth-order valence-electron chi connectivity index (χ4n) is 4.15. The van der Waals surface area contributed by atoms with E-state index in [4.69, 9.17) is 0 Å². The van der Waals surface area contributed by atoms with E-state index < -0.39 is 5.41 Å². The zero-order chi connectivity index (χ0) is 20.4. The molecule has 29 heavy (non-hydrogen) atoms. The summed E-state index contributed by atoms with van der Waals surface area (Å²) in [5.41, 5.74) is 3.25. The van der Waals surface area contributed by atoms with E-state index in [0.717, 1.165) is 41.8 Å². The molecule has 0 aliphatic carbocycles. The second kappa shape index (κ2) is 7.73. The van der Waals surface area contributed by atoms with E-state index in [1.54, 1.807) is 0 Å². The first-order valence-electron chi connectivity index (χ1n) is 10.1. The van der Waals surface area contributed by atoms with Gasteiger partial charge >= 0.3 is 0 Å². The first kappa shape index (κ1) is 19.2. The van der Waals surface area contributed by atoms with Crippen molar-refractivity contribution in [3.05, 3.63) is 77.6 Å². The maximum Gasteiger partial charge on any atom is 0.232 e. The summed E-state index contributed by atoms with van der Waals surface area (Å²) in [4.78, 5) is 17.5. The van der Waals surface area contributed by atoms with Crippen molar-refractivity contribution in [2.45, 2.75) is 25.8 Å². The predicted molar refractivity (Wildman–Crippen MR) is 113 cm³/mol. The first-order valence-corrected chi connectivity index (χ1v) is 10.1. The summed E-state index contributed by atoms with van der Waals surface area (Å²) >= 11 is 0. The Morgan fingerprint density at radius 2 is 1.72 bits per heavy atom. The highest BCUT2D eigenvalue weighted by atomic mass is 16.2. The van der Waals surface area contributed by atoms with Gasteiger partial charge in [-0.25, -0.2) is 0 Å². The van der Waals surface area contributed by atoms with Crippen molar-refractivity contribution in [2.24, 2.45) is 0 Å². The van der Waals surface area contributed by atoms with E-state index in [2.05, 4.69) is 11.0 Å². The number of carbonyl (C=O) groups is 1. The molecule has 1 aromatic carbocycles. The minimum atomic E-state index is -0.530. The van der Waals surface area contributed by atoms with Crippen LogP contribution in [0.5, 0.6) is 0 Å². The topological polar surface area (TPSA) is 51.8 Å². The number of pyridine rings is 1. The van der Waals surface area contributed by atoms with Crippen molar-refractivity contribution in [3.8, 4) is 6.07 Å². The number of fused-ring (bicyclic) bond motifs is 1. The summed E-state index contributed by atoms with van der Waals surface area (Å²) in [6, 6.07) is 18.3. The van der Waals surface area contributed by atoms with Gasteiger partial charge in [-0.2, -0.15) is 5.26 Å². The van der Waals surface area contributed by atoms with E-state index in [1.807, 2.05) is 84.1 Å². The monoisotopic (exact) mass is 386 g/mol. The third kappa shape index (κ3) is 3.64. The number of hydrogen-bond donors (Lipinski definition) is 0. The molecule has 0 unspecified atom stereocenters. The average Bonchev–Trinajstić information content (AvgIpc) is 3.11. The second-order valence-electron chi connectivity index (χ2n) is 8.19. The Bertz CT molecular complexity index is 1050. The van der Waals surface area contributed by atoms with Crippen LogP contribution in [0.3, 0.4) is 0 Å². The van der Waals surface area contributed by atoms with Gasteiger partial charge in [0.1, 0.15) is 6.07 Å². The van der Waals surface area contributed by atoms with Gasteiger partial charge in [-0.3, -0.25) is 9.69 Å². The summed E-state index contributed by atoms with van der Waals surface area (Å²) in [5, 5.41) is 9.61. The molecule has 148 valence electrons. The molecule has 5 nitrogen and oxygen atoms in total. The number of amides is 1. The van der Waals surface area contributed by atoms with Gasteiger partial charge in [-0.05, 0) is 31.5 Å². The van der Waals surface area contributed by atoms with Gasteiger partial charge in [0, 0.05) is 50.7 Å². The molecule has 1 saturated heterocycles. The van der Waals surface area contributed by atoms with Crippen LogP contribution in [0, 0.1) is 11.3 Å². The molecule has 0 radical (unpaired) electrons. The van der Waals surface area contributed by atoms with Crippen LogP contribution < -0.4 is 0 Å². The summed E-state index contributed by atoms with van der Waals surface area (Å²) < 4.78 is 2.01. The van der Waals surface area contributed by atoms with Crippen molar-refractivity contribution >= 4 is 11.4 Å². The minimum absolute atomic E-state index is 0.177. The lowest BCUT2D eigenvalue weighted by Gasteiger charge is -2.38. The van der Waals surface area contributed by atoms with Crippen LogP contribution in [0.25, 0.3) is 5.52 Å². The number of rotatable bonds is 4. The van der Waals surface area contributed by atoms with Crippen LogP contribution in [0.4, 0.5) is 0 Å². The molecule has 0 atom stereocenters. The molecular weight excluding hydrogens is 360 g/mol. The fourth-order valence-corrected chi connectivity index (χ4v) is 4.15. The number of piperazine rings is 1. The normalized spacial score (nSPS) is 15.4. The van der Waals surface area contributed by atoms with Gasteiger partial charge in [0.25, 0.3) is 0 Å². The van der Waals surface area contributed by atoms with Crippen molar-refractivity contribution in [3.63, 3.8) is 0 Å². The smallest absolute Gasteiger partial charge is 0.232 e. The van der Waals surface area contributed by atoms with E-state index in [-0.39, 0.29) is 5.91 Å². The number of aromatic nitrogens is 1. The van der Waals surface area contributed by atoms with E-state index in [9.17, 15) is 10.1 Å². The quantitative estimate of drug-likeness (QED) is 0.690. The molecule has 3 heterocycles. The molecule has 1 aliphatic heterocycles. The number of hydrogen-bond acceptors (Lipinski definition) is 3. The van der Waals surface area contributed by atoms with Gasteiger partial charge in [0.2, 0.25) is 5.91 Å². The highest BCUT2D eigenvalue weighted by Gasteiger charge is 2.35. The van der Waals surface area contributed by atoms with Crippen molar-refractivity contribution in [1.82, 2.24) is 14.2 Å². The molecule has 1 amide bonds. The van der Waals surface area contributed by atoms with Crippen LogP contribution in [0.1, 0.15) is 30.5 Å². The van der Waals surface area contributed by atoms with Crippen molar-refractivity contribution in [1.29, 1.82) is 5.26 Å². The molecule has 0 saturated carbocycles. The molecule has 0 spiro atoms. The Balaban J connectivity index is 1.43. The molecule has 2 aromatic heterocycles. The van der Waals surface area contributed by atoms with E-state index >= 15 is 0 Å². The second-order valence-corrected chi connectivity index (χ2v) is 8.19. The maximum atomic E-state index is 13.2. The molecule has 0 N–H and O–H groups in total. The minimum Gasteiger partial charge on any atom is -0.339 e. The lowest BCUT2D eigenvalue weighted by atomic mass is 9.83. The van der Waals surface area contributed by atoms with Gasteiger partial charge in [-0.1, -0.05) is 36.4 Å². The summed E-state index contributed by atoms with van der Waals surface area (Å²) in [6.45, 7) is 7.79. The molecule has 5 heteroatoms. The molecule has 0 bridgehead atoms. The third-order valence-corrected chi connectivity index (χ3v) is 5.96. The van der Waals surface area contributed by atoms with Crippen LogP contribution in [-0.2, 0) is 16.8 Å². The standard InChI is InChI=1S/C24H26N4O/c1-24(2,20-8-4-3-5-9-20)23(29)27-14-12-26(13-15-27)17-19-18-28-11-7-6-10-22(28)21(19)16-25/h3-11,18H,12-15,17H2,1-2H3. The molecule has 1 aliphatic rings. The molecular formula is C24H26N4O. The Kier molecular flexibility index (Phi) is 5.12. The average molecular weight is 386 g/mol. The number of nitrogens with zero attached hydrogens (tertiary/aromatic N) is 4. The molecule has 3 aromatic rings. The summed E-state index contributed by atoms with van der Waals surface area (Å²) in [7, 11) is 0. The Morgan fingerprint density at radius 3 is 2.41 bits per heavy atom. The lowest BCUT2D eigenvalue weighted by molar-refractivity contribution is -0.138. The number of nitriles is 1. The Morgan fingerprint density at radius 1 is 1.03 bits per heavy atom. The largest absolute Gasteiger partial charge is 0.339 e. The zero-order valence-electron chi connectivity index (χ0n) is 17.0. The van der Waals surface area contributed by atoms with Gasteiger partial charge in [-0.15, -0.1) is 0 Å². The zero-order valence-corrected chi connectivity index (χ0v) is 17.0. The van der Waals surface area contributed by atoms with Crippen molar-refractivity contribution in [2.75, 3.05) is 26.2 Å². The van der Waals surface area contributed by atoms with Crippen LogP contribution in [-0.4, -0.2) is 46.3 Å². The highest BCUT2D eigenvalue weighted by Crippen LogP contribution is 2.26. The van der Waals surface area contributed by atoms with Crippen molar-refractivity contribution < 1.29 is 4.79 Å². The van der Waals surface area contributed by atoms with Crippen LogP contribution in [0.15, 0.2) is 60.9 Å². The van der Waals surface area contributed by atoms with Gasteiger partial charge in [0.15, 0.2) is 0 Å². The maximum absolute atomic E-state index is 13.2. The fraction of sp³-hybridized carbons (Fsp3) is 0.333. The lowest BCUT2D eigenvalue weighted by Crippen LogP contribution is -2.52. The Hall–Kier alpha value is -3.10. The highest BCUT2D eigenvalue weighted by molar-refractivity contribution is 5.87. The van der Waals surface area contributed by atoms with Gasteiger partial charge in [0.05, 0.1) is 16.5 Å². The van der Waals surface area contributed by atoms with E-state index in [0.29, 0.717) is 13.1 Å². The SMILES string of the molecule is CC(C)(C(=O)N1CCN(Cc2cn3ccccc3c2C#N)CC1)c1ccccc1. The molecule has 1 fully saturated rings. The van der Waals surface area contributed by atoms with Crippen LogP contribution >= 0.6 is 0 Å². The number of benzene rings is 1.